The number of hydrogen-bond acceptors (Lipinski definition) is 4. The Morgan fingerprint density at radius 2 is 1.89 bits per heavy atom. The van der Waals surface area contributed by atoms with Gasteiger partial charge in [-0.25, -0.2) is 0 Å². The Hall–Kier alpha value is -0.610. The molecule has 0 radical (unpaired) electrons. The number of hydrogen-bond donors (Lipinski definition) is 1. The zero-order valence-corrected chi connectivity index (χ0v) is 13.0. The summed E-state index contributed by atoms with van der Waals surface area (Å²) in [7, 11) is 1.45. The quantitative estimate of drug-likeness (QED) is 0.677. The summed E-state index contributed by atoms with van der Waals surface area (Å²) < 4.78 is 4.92. The van der Waals surface area contributed by atoms with Gasteiger partial charge in [-0.05, 0) is 47.2 Å². The number of rotatable bonds is 8. The van der Waals surface area contributed by atoms with Gasteiger partial charge in [0.05, 0.1) is 7.11 Å². The van der Waals surface area contributed by atoms with Crippen LogP contribution in [-0.4, -0.2) is 48.7 Å². The molecule has 0 heterocycles. The van der Waals surface area contributed by atoms with Crippen LogP contribution in [-0.2, 0) is 9.53 Å². The van der Waals surface area contributed by atoms with Gasteiger partial charge in [-0.3, -0.25) is 9.69 Å². The van der Waals surface area contributed by atoms with Gasteiger partial charge >= 0.3 is 5.97 Å². The van der Waals surface area contributed by atoms with Gasteiger partial charge in [0, 0.05) is 12.1 Å². The van der Waals surface area contributed by atoms with E-state index in [1.165, 1.54) is 7.11 Å². The van der Waals surface area contributed by atoms with Crippen LogP contribution >= 0.6 is 0 Å². The molecule has 0 rings (SSSR count). The van der Waals surface area contributed by atoms with Crippen molar-refractivity contribution < 1.29 is 9.53 Å². The van der Waals surface area contributed by atoms with Gasteiger partial charge in [0.25, 0.3) is 0 Å². The van der Waals surface area contributed by atoms with Crippen molar-refractivity contribution in [3.8, 4) is 0 Å². The number of nitrogens with zero attached hydrogens (tertiary/aromatic N) is 1. The van der Waals surface area contributed by atoms with Crippen molar-refractivity contribution in [1.29, 1.82) is 0 Å². The van der Waals surface area contributed by atoms with Crippen LogP contribution in [0.25, 0.3) is 0 Å². The lowest BCUT2D eigenvalue weighted by molar-refractivity contribution is -0.148. The number of esters is 1. The van der Waals surface area contributed by atoms with E-state index >= 15 is 0 Å². The lowest BCUT2D eigenvalue weighted by Gasteiger charge is -2.37. The largest absolute Gasteiger partial charge is 0.468 e. The standard InChI is InChI=1S/C14H30N2O2/c1-8-15-14(6,13(17)18-7)10-12(5)16(9-2)11(3)4/h11-12,15H,8-10H2,1-7H3. The maximum atomic E-state index is 11.9. The molecular formula is C14H30N2O2. The van der Waals surface area contributed by atoms with Gasteiger partial charge in [-0.2, -0.15) is 0 Å². The van der Waals surface area contributed by atoms with Crippen molar-refractivity contribution in [3.63, 3.8) is 0 Å². The molecule has 0 aromatic carbocycles. The second kappa shape index (κ2) is 7.74. The smallest absolute Gasteiger partial charge is 0.325 e. The van der Waals surface area contributed by atoms with Crippen molar-refractivity contribution in [2.24, 2.45) is 0 Å². The maximum absolute atomic E-state index is 11.9. The monoisotopic (exact) mass is 258 g/mol. The molecule has 0 aromatic rings. The number of carbonyl (C=O) groups excluding carboxylic acids is 1. The van der Waals surface area contributed by atoms with Gasteiger partial charge in [0.15, 0.2) is 0 Å². The van der Waals surface area contributed by atoms with Crippen molar-refractivity contribution in [1.82, 2.24) is 10.2 Å². The lowest BCUT2D eigenvalue weighted by Crippen LogP contribution is -2.54. The first-order valence-electron chi connectivity index (χ1n) is 6.91. The number of carbonyl (C=O) groups is 1. The Balaban J connectivity index is 4.82. The number of ether oxygens (including phenoxy) is 1. The average molecular weight is 258 g/mol. The second-order valence-corrected chi connectivity index (χ2v) is 5.33. The second-order valence-electron chi connectivity index (χ2n) is 5.33. The molecule has 0 aromatic heterocycles. The molecule has 1 N–H and O–H groups in total. The van der Waals surface area contributed by atoms with Crippen LogP contribution in [0.3, 0.4) is 0 Å². The first kappa shape index (κ1) is 17.4. The summed E-state index contributed by atoms with van der Waals surface area (Å²) in [6.07, 6.45) is 0.750. The minimum Gasteiger partial charge on any atom is -0.468 e. The molecule has 0 aliphatic carbocycles. The SMILES string of the molecule is CCNC(C)(CC(C)N(CC)C(C)C)C(=O)OC. The number of likely N-dealkylation sites (N-methyl/N-ethyl adjacent to an activating group) is 1. The first-order chi connectivity index (χ1) is 8.32. The lowest BCUT2D eigenvalue weighted by atomic mass is 9.92. The Labute approximate surface area is 112 Å². The Kier molecular flexibility index (Phi) is 7.48. The van der Waals surface area contributed by atoms with Gasteiger partial charge in [0.1, 0.15) is 5.54 Å². The molecule has 0 saturated heterocycles. The highest BCUT2D eigenvalue weighted by molar-refractivity contribution is 5.80. The molecule has 0 bridgehead atoms. The summed E-state index contributed by atoms with van der Waals surface area (Å²) >= 11 is 0. The Morgan fingerprint density at radius 3 is 2.22 bits per heavy atom. The van der Waals surface area contributed by atoms with Gasteiger partial charge in [-0.1, -0.05) is 13.8 Å². The molecule has 18 heavy (non-hydrogen) atoms. The van der Waals surface area contributed by atoms with E-state index in [9.17, 15) is 4.79 Å². The molecule has 0 amide bonds. The van der Waals surface area contributed by atoms with Crippen LogP contribution in [0.4, 0.5) is 0 Å². The normalized spacial score (nSPS) is 16.7. The van der Waals surface area contributed by atoms with E-state index in [0.29, 0.717) is 12.1 Å². The van der Waals surface area contributed by atoms with Gasteiger partial charge in [-0.15, -0.1) is 0 Å². The van der Waals surface area contributed by atoms with E-state index in [-0.39, 0.29) is 5.97 Å². The van der Waals surface area contributed by atoms with Crippen LogP contribution in [0.1, 0.15) is 48.0 Å². The van der Waals surface area contributed by atoms with Crippen LogP contribution in [0.15, 0.2) is 0 Å². The van der Waals surface area contributed by atoms with Crippen molar-refractivity contribution >= 4 is 5.97 Å². The fraction of sp³-hybridized carbons (Fsp3) is 0.929. The minimum absolute atomic E-state index is 0.184. The number of methoxy groups -OCH3 is 1. The highest BCUT2D eigenvalue weighted by Crippen LogP contribution is 2.19. The molecule has 0 fully saturated rings. The third kappa shape index (κ3) is 4.58. The molecule has 4 nitrogen and oxygen atoms in total. The zero-order valence-electron chi connectivity index (χ0n) is 13.0. The van der Waals surface area contributed by atoms with Crippen molar-refractivity contribution in [2.75, 3.05) is 20.2 Å². The zero-order chi connectivity index (χ0) is 14.3. The van der Waals surface area contributed by atoms with E-state index in [2.05, 4.69) is 37.9 Å². The maximum Gasteiger partial charge on any atom is 0.325 e. The molecule has 4 heteroatoms. The van der Waals surface area contributed by atoms with E-state index in [0.717, 1.165) is 19.5 Å². The molecule has 0 saturated carbocycles. The first-order valence-corrected chi connectivity index (χ1v) is 6.91. The highest BCUT2D eigenvalue weighted by Gasteiger charge is 2.36. The van der Waals surface area contributed by atoms with E-state index < -0.39 is 5.54 Å². The van der Waals surface area contributed by atoms with Crippen LogP contribution < -0.4 is 5.32 Å². The van der Waals surface area contributed by atoms with Crippen molar-refractivity contribution in [2.45, 2.75) is 65.6 Å². The van der Waals surface area contributed by atoms with E-state index in [1.54, 1.807) is 0 Å². The summed E-state index contributed by atoms with van der Waals surface area (Å²) in [5.74, 6) is -0.184. The van der Waals surface area contributed by atoms with Crippen LogP contribution in [0.2, 0.25) is 0 Å². The molecule has 0 aliphatic rings. The molecule has 0 aliphatic heterocycles. The highest BCUT2D eigenvalue weighted by atomic mass is 16.5. The third-order valence-electron chi connectivity index (χ3n) is 3.50. The van der Waals surface area contributed by atoms with Gasteiger partial charge < -0.3 is 10.1 Å². The molecule has 2 unspecified atom stereocenters. The summed E-state index contributed by atoms with van der Waals surface area (Å²) in [5, 5.41) is 3.26. The fourth-order valence-electron chi connectivity index (χ4n) is 2.74. The Morgan fingerprint density at radius 1 is 1.33 bits per heavy atom. The molecular weight excluding hydrogens is 228 g/mol. The fourth-order valence-corrected chi connectivity index (χ4v) is 2.74. The summed E-state index contributed by atoms with van der Waals surface area (Å²) in [5.41, 5.74) is -0.606. The summed E-state index contributed by atoms with van der Waals surface area (Å²) in [6, 6.07) is 0.812. The van der Waals surface area contributed by atoms with Crippen LogP contribution in [0, 0.1) is 0 Å². The summed E-state index contributed by atoms with van der Waals surface area (Å²) in [6.45, 7) is 14.4. The molecule has 108 valence electrons. The minimum atomic E-state index is -0.606. The van der Waals surface area contributed by atoms with E-state index in [4.69, 9.17) is 4.74 Å². The third-order valence-corrected chi connectivity index (χ3v) is 3.50. The van der Waals surface area contributed by atoms with Crippen LogP contribution in [0.5, 0.6) is 0 Å². The topological polar surface area (TPSA) is 41.6 Å². The van der Waals surface area contributed by atoms with Gasteiger partial charge in [0.2, 0.25) is 0 Å². The predicted octanol–water partition coefficient (Wildman–Crippen LogP) is 2.04. The molecule has 2 atom stereocenters. The van der Waals surface area contributed by atoms with Crippen molar-refractivity contribution in [3.05, 3.63) is 0 Å². The predicted molar refractivity (Wildman–Crippen MR) is 75.7 cm³/mol. The molecule has 0 spiro atoms. The average Bonchev–Trinajstić information content (AvgIpc) is 2.28. The van der Waals surface area contributed by atoms with E-state index in [1.807, 2.05) is 13.8 Å². The number of nitrogens with one attached hydrogen (secondary N) is 1. The Bertz CT molecular complexity index is 256. The summed E-state index contributed by atoms with van der Waals surface area (Å²) in [4.78, 5) is 14.3.